The number of ketones is 1. The Kier molecular flexibility index (Phi) is 7.33. The Balaban J connectivity index is 1.42. The van der Waals surface area contributed by atoms with Gasteiger partial charge in [-0.05, 0) is 31.7 Å². The van der Waals surface area contributed by atoms with E-state index in [1.54, 1.807) is 0 Å². The van der Waals surface area contributed by atoms with Gasteiger partial charge in [-0.1, -0.05) is 42.5 Å². The van der Waals surface area contributed by atoms with E-state index in [1.807, 2.05) is 42.5 Å². The number of nitrogens with zero attached hydrogens (tertiary/aromatic N) is 1. The molecule has 1 fully saturated rings. The third-order valence-electron chi connectivity index (χ3n) is 5.61. The zero-order valence-electron chi connectivity index (χ0n) is 17.4. The van der Waals surface area contributed by atoms with Gasteiger partial charge in [-0.25, -0.2) is 0 Å². The number of hydrogen-bond acceptors (Lipinski definition) is 6. The predicted octanol–water partition coefficient (Wildman–Crippen LogP) is 1.19. The fourth-order valence-electron chi connectivity index (χ4n) is 3.89. The molecule has 8 nitrogen and oxygen atoms in total. The average Bonchev–Trinajstić information content (AvgIpc) is 3.01. The second-order valence-corrected chi connectivity index (χ2v) is 7.82. The van der Waals surface area contributed by atoms with Gasteiger partial charge in [0, 0.05) is 6.54 Å². The number of Topliss-reactive ketones (excluding diaryl/α,β-unsaturated/α-hetero) is 1. The van der Waals surface area contributed by atoms with Crippen LogP contribution in [0.5, 0.6) is 0 Å². The number of fused-ring (bicyclic) bond motifs is 1. The number of carbonyl (C=O) groups excluding carboxylic acids is 5. The van der Waals surface area contributed by atoms with Crippen molar-refractivity contribution >= 4 is 29.5 Å². The molecule has 0 aromatic heterocycles. The summed E-state index contributed by atoms with van der Waals surface area (Å²) in [5.41, 5.74) is 0.899. The van der Waals surface area contributed by atoms with Crippen molar-refractivity contribution < 1.29 is 28.7 Å². The Morgan fingerprint density at radius 2 is 1.68 bits per heavy atom. The van der Waals surface area contributed by atoms with Gasteiger partial charge in [0.05, 0.1) is 24.3 Å². The summed E-state index contributed by atoms with van der Waals surface area (Å²) in [5.74, 6) is -2.67. The van der Waals surface area contributed by atoms with Crippen LogP contribution >= 0.6 is 0 Å². The predicted molar refractivity (Wildman–Crippen MR) is 110 cm³/mol. The number of benzene rings is 1. The van der Waals surface area contributed by atoms with Crippen molar-refractivity contribution in [3.05, 3.63) is 48.0 Å². The van der Waals surface area contributed by atoms with Crippen molar-refractivity contribution in [3.8, 4) is 0 Å². The van der Waals surface area contributed by atoms with Gasteiger partial charge in [-0.2, -0.15) is 0 Å². The Labute approximate surface area is 180 Å². The Hall–Kier alpha value is -3.29. The molecule has 0 bridgehead atoms. The highest BCUT2D eigenvalue weighted by Gasteiger charge is 2.46. The van der Waals surface area contributed by atoms with E-state index in [0.29, 0.717) is 19.3 Å². The lowest BCUT2D eigenvalue weighted by atomic mass is 9.85. The molecule has 2 aliphatic rings. The van der Waals surface area contributed by atoms with Gasteiger partial charge in [0.15, 0.2) is 12.4 Å². The molecular formula is C23H26N2O6. The molecule has 164 valence electrons. The van der Waals surface area contributed by atoms with Gasteiger partial charge in [-0.15, -0.1) is 0 Å². The van der Waals surface area contributed by atoms with E-state index in [1.165, 1.54) is 6.92 Å². The van der Waals surface area contributed by atoms with Crippen LogP contribution in [0.25, 0.3) is 0 Å². The van der Waals surface area contributed by atoms with Crippen molar-refractivity contribution in [1.82, 2.24) is 10.2 Å². The van der Waals surface area contributed by atoms with Crippen LogP contribution in [0.4, 0.5) is 0 Å². The smallest absolute Gasteiger partial charge is 0.308 e. The Morgan fingerprint density at radius 1 is 1.06 bits per heavy atom. The number of imide groups is 1. The first-order valence-corrected chi connectivity index (χ1v) is 10.4. The monoisotopic (exact) mass is 426 g/mol. The number of rotatable bonds is 9. The van der Waals surface area contributed by atoms with Gasteiger partial charge in [-0.3, -0.25) is 28.9 Å². The lowest BCUT2D eigenvalue weighted by Crippen LogP contribution is -2.43. The van der Waals surface area contributed by atoms with E-state index < -0.39 is 24.5 Å². The fourth-order valence-corrected chi connectivity index (χ4v) is 3.89. The third kappa shape index (κ3) is 5.65. The summed E-state index contributed by atoms with van der Waals surface area (Å²) in [6, 6.07) is 8.54. The van der Waals surface area contributed by atoms with Crippen LogP contribution in [0.3, 0.4) is 0 Å². The first-order valence-electron chi connectivity index (χ1n) is 10.4. The number of hydrogen-bond donors (Lipinski definition) is 1. The second kappa shape index (κ2) is 10.1. The van der Waals surface area contributed by atoms with E-state index in [-0.39, 0.29) is 42.4 Å². The van der Waals surface area contributed by atoms with Crippen molar-refractivity contribution in [2.24, 2.45) is 11.8 Å². The maximum absolute atomic E-state index is 12.4. The van der Waals surface area contributed by atoms with Gasteiger partial charge >= 0.3 is 5.97 Å². The molecule has 1 aromatic rings. The van der Waals surface area contributed by atoms with Crippen molar-refractivity contribution in [2.45, 2.75) is 38.6 Å². The molecule has 0 radical (unpaired) electrons. The maximum atomic E-state index is 12.4. The average molecular weight is 426 g/mol. The summed E-state index contributed by atoms with van der Waals surface area (Å²) in [5, 5.41) is 2.57. The minimum Gasteiger partial charge on any atom is -0.456 e. The molecule has 1 saturated heterocycles. The third-order valence-corrected chi connectivity index (χ3v) is 5.61. The summed E-state index contributed by atoms with van der Waals surface area (Å²) in [6.07, 6.45) is 5.03. The molecule has 3 rings (SSSR count). The number of amides is 3. The van der Waals surface area contributed by atoms with Crippen molar-refractivity contribution in [2.75, 3.05) is 13.2 Å². The van der Waals surface area contributed by atoms with E-state index in [9.17, 15) is 24.0 Å². The number of nitrogens with one attached hydrogen (secondary N) is 1. The summed E-state index contributed by atoms with van der Waals surface area (Å²) < 4.78 is 4.96. The molecule has 0 saturated carbocycles. The molecule has 3 amide bonds. The van der Waals surface area contributed by atoms with Crippen LogP contribution in [-0.2, 0) is 35.1 Å². The Bertz CT molecular complexity index is 869. The van der Waals surface area contributed by atoms with Crippen LogP contribution in [0.1, 0.15) is 31.7 Å². The zero-order chi connectivity index (χ0) is 22.4. The standard InChI is InChI=1S/C23H26N2O6/c1-15(26)19(13-16-7-3-2-4-8-16)24-20(27)14-31-21(28)11-12-25-22(29)17-9-5-6-10-18(17)23(25)30/h2-8,17-19H,9-14H2,1H3,(H,24,27)/t17-,18+,19-/m0/s1. The fraction of sp³-hybridized carbons (Fsp3) is 0.435. The Morgan fingerprint density at radius 3 is 2.26 bits per heavy atom. The molecule has 1 aliphatic carbocycles. The molecule has 1 heterocycles. The van der Waals surface area contributed by atoms with Gasteiger partial charge in [0.25, 0.3) is 5.91 Å². The topological polar surface area (TPSA) is 110 Å². The quantitative estimate of drug-likeness (QED) is 0.361. The molecule has 3 atom stereocenters. The highest BCUT2D eigenvalue weighted by Crippen LogP contribution is 2.34. The number of esters is 1. The van der Waals surface area contributed by atoms with Crippen LogP contribution < -0.4 is 5.32 Å². The number of carbonyl (C=O) groups is 5. The number of allylic oxidation sites excluding steroid dienone is 2. The highest BCUT2D eigenvalue weighted by molar-refractivity contribution is 6.05. The second-order valence-electron chi connectivity index (χ2n) is 7.82. The normalized spacial score (nSPS) is 20.9. The van der Waals surface area contributed by atoms with Crippen LogP contribution in [0, 0.1) is 11.8 Å². The van der Waals surface area contributed by atoms with Crippen LogP contribution in [0.15, 0.2) is 42.5 Å². The molecular weight excluding hydrogens is 400 g/mol. The molecule has 1 N–H and O–H groups in total. The molecule has 0 unspecified atom stereocenters. The van der Waals surface area contributed by atoms with E-state index in [0.717, 1.165) is 10.5 Å². The van der Waals surface area contributed by atoms with Gasteiger partial charge in [0.1, 0.15) is 0 Å². The summed E-state index contributed by atoms with van der Waals surface area (Å²) in [6.45, 7) is 0.792. The number of likely N-dealkylation sites (tertiary alicyclic amines) is 1. The molecule has 1 aromatic carbocycles. The van der Waals surface area contributed by atoms with Crippen LogP contribution in [-0.4, -0.2) is 53.6 Å². The lowest BCUT2D eigenvalue weighted by molar-refractivity contribution is -0.150. The zero-order valence-corrected chi connectivity index (χ0v) is 17.4. The number of ether oxygens (including phenoxy) is 1. The molecule has 8 heteroatoms. The summed E-state index contributed by atoms with van der Waals surface area (Å²) in [7, 11) is 0. The molecule has 0 spiro atoms. The van der Waals surface area contributed by atoms with E-state index >= 15 is 0 Å². The van der Waals surface area contributed by atoms with E-state index in [2.05, 4.69) is 5.32 Å². The van der Waals surface area contributed by atoms with Crippen molar-refractivity contribution in [1.29, 1.82) is 0 Å². The summed E-state index contributed by atoms with van der Waals surface area (Å²) in [4.78, 5) is 61.9. The maximum Gasteiger partial charge on any atom is 0.308 e. The van der Waals surface area contributed by atoms with Crippen LogP contribution in [0.2, 0.25) is 0 Å². The van der Waals surface area contributed by atoms with Gasteiger partial charge < -0.3 is 10.1 Å². The largest absolute Gasteiger partial charge is 0.456 e. The molecule has 1 aliphatic heterocycles. The minimum absolute atomic E-state index is 0.0603. The first-order chi connectivity index (χ1) is 14.9. The van der Waals surface area contributed by atoms with Crippen molar-refractivity contribution in [3.63, 3.8) is 0 Å². The first kappa shape index (κ1) is 22.4. The lowest BCUT2D eigenvalue weighted by Gasteiger charge is -2.16. The minimum atomic E-state index is -0.717. The summed E-state index contributed by atoms with van der Waals surface area (Å²) >= 11 is 0. The highest BCUT2D eigenvalue weighted by atomic mass is 16.5. The molecule has 31 heavy (non-hydrogen) atoms. The van der Waals surface area contributed by atoms with E-state index in [4.69, 9.17) is 4.74 Å². The van der Waals surface area contributed by atoms with Gasteiger partial charge in [0.2, 0.25) is 11.8 Å². The SMILES string of the molecule is CC(=O)[C@H](Cc1ccccc1)NC(=O)COC(=O)CCN1C(=O)[C@H]2CC=CC[C@H]2C1=O.